The molecule has 0 aliphatic heterocycles. The quantitative estimate of drug-likeness (QED) is 0.818. The van der Waals surface area contributed by atoms with E-state index in [-0.39, 0.29) is 0 Å². The number of hydrogen-bond donors (Lipinski definition) is 2. The van der Waals surface area contributed by atoms with E-state index in [0.29, 0.717) is 11.7 Å². The molecule has 16 heavy (non-hydrogen) atoms. The van der Waals surface area contributed by atoms with Gasteiger partial charge in [-0.1, -0.05) is 27.7 Å². The minimum Gasteiger partial charge on any atom is -0.387 e. The van der Waals surface area contributed by atoms with Crippen molar-refractivity contribution in [1.82, 2.24) is 10.2 Å². The predicted octanol–water partition coefficient (Wildman–Crippen LogP) is 1.56. The van der Waals surface area contributed by atoms with Gasteiger partial charge in [-0.05, 0) is 17.5 Å². The van der Waals surface area contributed by atoms with Gasteiger partial charge in [0, 0.05) is 0 Å². The third-order valence-electron chi connectivity index (χ3n) is 1.75. The van der Waals surface area contributed by atoms with Crippen molar-refractivity contribution in [2.75, 3.05) is 11.9 Å². The monoisotopic (exact) mass is 225 g/mol. The van der Waals surface area contributed by atoms with Crippen LogP contribution in [0.4, 0.5) is 5.82 Å². The number of aliphatic hydroxyl groups excluding tert-OH is 1. The van der Waals surface area contributed by atoms with Gasteiger partial charge in [-0.2, -0.15) is 5.10 Å². The van der Waals surface area contributed by atoms with Gasteiger partial charge in [0.2, 0.25) is 0 Å². The van der Waals surface area contributed by atoms with Gasteiger partial charge in [-0.3, -0.25) is 4.79 Å². The number of anilines is 1. The highest BCUT2D eigenvalue weighted by Crippen LogP contribution is 2.14. The SMILES string of the molecule is CC.CC(C)c1cnnc(NC(=O)CO)c1. The lowest BCUT2D eigenvalue weighted by Gasteiger charge is -2.06. The Balaban J connectivity index is 0.00000106. The molecular formula is C11H19N3O2. The van der Waals surface area contributed by atoms with E-state index in [1.807, 2.05) is 27.7 Å². The summed E-state index contributed by atoms with van der Waals surface area (Å²) in [6.45, 7) is 7.50. The fraction of sp³-hybridized carbons (Fsp3) is 0.545. The molecule has 0 spiro atoms. The Morgan fingerprint density at radius 2 is 2.12 bits per heavy atom. The summed E-state index contributed by atoms with van der Waals surface area (Å²) in [7, 11) is 0. The molecule has 0 atom stereocenters. The zero-order valence-corrected chi connectivity index (χ0v) is 10.2. The molecule has 0 aliphatic rings. The maximum absolute atomic E-state index is 10.8. The van der Waals surface area contributed by atoms with Crippen LogP contribution in [0.15, 0.2) is 12.3 Å². The van der Waals surface area contributed by atoms with Crippen molar-refractivity contribution in [2.45, 2.75) is 33.6 Å². The zero-order chi connectivity index (χ0) is 12.6. The number of nitrogens with zero attached hydrogens (tertiary/aromatic N) is 2. The van der Waals surface area contributed by atoms with Gasteiger partial charge in [0.05, 0.1) is 6.20 Å². The topological polar surface area (TPSA) is 75.1 Å². The summed E-state index contributed by atoms with van der Waals surface area (Å²) in [4.78, 5) is 10.8. The van der Waals surface area contributed by atoms with Gasteiger partial charge in [-0.15, -0.1) is 5.10 Å². The Bertz CT molecular complexity index is 327. The summed E-state index contributed by atoms with van der Waals surface area (Å²) in [5.41, 5.74) is 0.994. The lowest BCUT2D eigenvalue weighted by molar-refractivity contribution is -0.118. The Morgan fingerprint density at radius 3 is 2.62 bits per heavy atom. The van der Waals surface area contributed by atoms with Gasteiger partial charge in [-0.25, -0.2) is 0 Å². The normalized spacial score (nSPS) is 9.38. The molecule has 5 heteroatoms. The molecule has 0 saturated carbocycles. The van der Waals surface area contributed by atoms with E-state index in [1.165, 1.54) is 0 Å². The van der Waals surface area contributed by atoms with E-state index in [2.05, 4.69) is 15.5 Å². The first kappa shape index (κ1) is 14.5. The second-order valence-electron chi connectivity index (χ2n) is 3.24. The molecular weight excluding hydrogens is 206 g/mol. The number of rotatable bonds is 3. The summed E-state index contributed by atoms with van der Waals surface area (Å²) in [6, 6.07) is 1.74. The van der Waals surface area contributed by atoms with Crippen LogP contribution in [-0.2, 0) is 4.79 Å². The molecule has 5 nitrogen and oxygen atoms in total. The minimum absolute atomic E-state index is 0.329. The van der Waals surface area contributed by atoms with Crippen LogP contribution in [0.3, 0.4) is 0 Å². The molecule has 1 aromatic rings. The standard InChI is InChI=1S/C9H13N3O2.C2H6/c1-6(2)7-3-8(12-10-4-7)11-9(14)5-13;1-2/h3-4,6,13H,5H2,1-2H3,(H,11,12,14);1-2H3. The lowest BCUT2D eigenvalue weighted by atomic mass is 10.1. The largest absolute Gasteiger partial charge is 0.387 e. The number of hydrogen-bond acceptors (Lipinski definition) is 4. The first-order valence-electron chi connectivity index (χ1n) is 5.37. The van der Waals surface area contributed by atoms with Crippen LogP contribution in [0.25, 0.3) is 0 Å². The van der Waals surface area contributed by atoms with E-state index in [1.54, 1.807) is 12.3 Å². The maximum atomic E-state index is 10.8. The van der Waals surface area contributed by atoms with Crippen molar-refractivity contribution in [1.29, 1.82) is 0 Å². The Kier molecular flexibility index (Phi) is 7.03. The second-order valence-corrected chi connectivity index (χ2v) is 3.24. The fourth-order valence-corrected chi connectivity index (χ4v) is 0.941. The number of aliphatic hydroxyl groups is 1. The summed E-state index contributed by atoms with van der Waals surface area (Å²) in [5, 5.41) is 18.4. The molecule has 0 aliphatic carbocycles. The predicted molar refractivity (Wildman–Crippen MR) is 63.2 cm³/mol. The van der Waals surface area contributed by atoms with E-state index in [9.17, 15) is 4.79 Å². The third-order valence-corrected chi connectivity index (χ3v) is 1.75. The van der Waals surface area contributed by atoms with E-state index in [4.69, 9.17) is 5.11 Å². The Labute approximate surface area is 95.9 Å². The van der Waals surface area contributed by atoms with Gasteiger partial charge in [0.25, 0.3) is 5.91 Å². The molecule has 1 heterocycles. The molecule has 1 rings (SSSR count). The first-order chi connectivity index (χ1) is 7.63. The average Bonchev–Trinajstić information content (AvgIpc) is 2.32. The highest BCUT2D eigenvalue weighted by Gasteiger charge is 2.04. The molecule has 0 fully saturated rings. The number of carbonyl (C=O) groups excluding carboxylic acids is 1. The molecule has 0 aromatic carbocycles. The Hall–Kier alpha value is -1.49. The highest BCUT2D eigenvalue weighted by atomic mass is 16.3. The number of amides is 1. The summed E-state index contributed by atoms with van der Waals surface area (Å²) >= 11 is 0. The van der Waals surface area contributed by atoms with Crippen molar-refractivity contribution >= 4 is 11.7 Å². The van der Waals surface area contributed by atoms with Gasteiger partial charge < -0.3 is 10.4 Å². The molecule has 1 aromatic heterocycles. The lowest BCUT2D eigenvalue weighted by Crippen LogP contribution is -2.16. The van der Waals surface area contributed by atoms with Crippen molar-refractivity contribution < 1.29 is 9.90 Å². The van der Waals surface area contributed by atoms with Crippen LogP contribution in [0.5, 0.6) is 0 Å². The fourth-order valence-electron chi connectivity index (χ4n) is 0.941. The zero-order valence-electron chi connectivity index (χ0n) is 10.2. The molecule has 90 valence electrons. The average molecular weight is 225 g/mol. The molecule has 0 saturated heterocycles. The van der Waals surface area contributed by atoms with E-state index in [0.717, 1.165) is 5.56 Å². The van der Waals surface area contributed by atoms with E-state index < -0.39 is 12.5 Å². The van der Waals surface area contributed by atoms with Crippen molar-refractivity contribution in [3.8, 4) is 0 Å². The van der Waals surface area contributed by atoms with Crippen LogP contribution in [-0.4, -0.2) is 27.8 Å². The first-order valence-corrected chi connectivity index (χ1v) is 5.37. The number of aromatic nitrogens is 2. The van der Waals surface area contributed by atoms with Gasteiger partial charge in [0.1, 0.15) is 6.61 Å². The van der Waals surface area contributed by atoms with Crippen molar-refractivity contribution in [2.24, 2.45) is 0 Å². The van der Waals surface area contributed by atoms with Crippen molar-refractivity contribution in [3.63, 3.8) is 0 Å². The maximum Gasteiger partial charge on any atom is 0.251 e. The van der Waals surface area contributed by atoms with Crippen molar-refractivity contribution in [3.05, 3.63) is 17.8 Å². The van der Waals surface area contributed by atoms with Crippen LogP contribution in [0.1, 0.15) is 39.2 Å². The Morgan fingerprint density at radius 1 is 1.50 bits per heavy atom. The molecule has 0 unspecified atom stereocenters. The van der Waals surface area contributed by atoms with Gasteiger partial charge >= 0.3 is 0 Å². The van der Waals surface area contributed by atoms with Crippen LogP contribution in [0, 0.1) is 0 Å². The highest BCUT2D eigenvalue weighted by molar-refractivity contribution is 5.90. The summed E-state index contributed by atoms with van der Waals surface area (Å²) in [6.07, 6.45) is 1.65. The number of carbonyl (C=O) groups is 1. The van der Waals surface area contributed by atoms with E-state index >= 15 is 0 Å². The summed E-state index contributed by atoms with van der Waals surface area (Å²) in [5.74, 6) is 0.214. The molecule has 2 N–H and O–H groups in total. The minimum atomic E-state index is -0.548. The molecule has 0 radical (unpaired) electrons. The molecule has 0 bridgehead atoms. The van der Waals surface area contributed by atoms with Crippen LogP contribution in [0.2, 0.25) is 0 Å². The second kappa shape index (κ2) is 7.76. The van der Waals surface area contributed by atoms with Crippen LogP contribution >= 0.6 is 0 Å². The third kappa shape index (κ3) is 4.84. The smallest absolute Gasteiger partial charge is 0.251 e. The molecule has 1 amide bonds. The number of nitrogens with one attached hydrogen (secondary N) is 1. The summed E-state index contributed by atoms with van der Waals surface area (Å²) < 4.78 is 0. The van der Waals surface area contributed by atoms with Crippen LogP contribution < -0.4 is 5.32 Å². The van der Waals surface area contributed by atoms with Gasteiger partial charge in [0.15, 0.2) is 5.82 Å².